The number of amides is 1. The Morgan fingerprint density at radius 2 is 2.00 bits per heavy atom. The topological polar surface area (TPSA) is 69.7 Å². The molecule has 1 N–H and O–H groups in total. The number of carbonyl (C=O) groups is 1. The van der Waals surface area contributed by atoms with Crippen LogP contribution in [0.15, 0.2) is 30.3 Å². The van der Waals surface area contributed by atoms with Crippen molar-refractivity contribution in [1.29, 1.82) is 0 Å². The Hall–Kier alpha value is -1.44. The molecule has 1 amide bonds. The summed E-state index contributed by atoms with van der Waals surface area (Å²) < 4.78 is 25.3. The van der Waals surface area contributed by atoms with E-state index < -0.39 is 10.0 Å². The number of hydrogen-bond acceptors (Lipinski definition) is 4. The van der Waals surface area contributed by atoms with Gasteiger partial charge < -0.3 is 10.2 Å². The highest BCUT2D eigenvalue weighted by molar-refractivity contribution is 7.88. The maximum Gasteiger partial charge on any atom is 0.235 e. The summed E-state index contributed by atoms with van der Waals surface area (Å²) in [5.41, 5.74) is 0.867. The standard InChI is InChI=1S/C20H33N3O3S/c1-3-19-12-7-8-14-22(19)15-9-13-21-20(24)17-23(27(2,25)26)16-18-10-5-4-6-11-18/h4-6,10-11,19H,3,7-9,12-17H2,1-2H3,(H,21,24). The molecule has 1 aromatic carbocycles. The third-order valence-electron chi connectivity index (χ3n) is 5.16. The van der Waals surface area contributed by atoms with Crippen molar-refractivity contribution >= 4 is 15.9 Å². The Morgan fingerprint density at radius 1 is 1.26 bits per heavy atom. The van der Waals surface area contributed by atoms with Crippen molar-refractivity contribution in [3.05, 3.63) is 35.9 Å². The predicted octanol–water partition coefficient (Wildman–Crippen LogP) is 2.22. The van der Waals surface area contributed by atoms with Crippen molar-refractivity contribution in [1.82, 2.24) is 14.5 Å². The van der Waals surface area contributed by atoms with Gasteiger partial charge in [-0.1, -0.05) is 43.7 Å². The van der Waals surface area contributed by atoms with Gasteiger partial charge in [0.15, 0.2) is 0 Å². The Morgan fingerprint density at radius 3 is 2.67 bits per heavy atom. The molecule has 1 atom stereocenters. The third kappa shape index (κ3) is 7.60. The van der Waals surface area contributed by atoms with Gasteiger partial charge in [-0.3, -0.25) is 4.79 Å². The summed E-state index contributed by atoms with van der Waals surface area (Å²) in [5.74, 6) is -0.248. The summed E-state index contributed by atoms with van der Waals surface area (Å²) in [7, 11) is -3.45. The fourth-order valence-corrected chi connectivity index (χ4v) is 4.36. The van der Waals surface area contributed by atoms with Gasteiger partial charge in [0.25, 0.3) is 0 Å². The maximum absolute atomic E-state index is 12.2. The number of nitrogens with zero attached hydrogens (tertiary/aromatic N) is 2. The fraction of sp³-hybridized carbons (Fsp3) is 0.650. The van der Waals surface area contributed by atoms with E-state index in [0.29, 0.717) is 12.6 Å². The van der Waals surface area contributed by atoms with Crippen LogP contribution >= 0.6 is 0 Å². The molecule has 0 aliphatic carbocycles. The first-order valence-electron chi connectivity index (χ1n) is 9.90. The van der Waals surface area contributed by atoms with Gasteiger partial charge in [0.2, 0.25) is 15.9 Å². The number of nitrogens with one attached hydrogen (secondary N) is 1. The molecule has 1 unspecified atom stereocenters. The van der Waals surface area contributed by atoms with E-state index in [1.165, 1.54) is 30.0 Å². The van der Waals surface area contributed by atoms with E-state index in [1.807, 2.05) is 30.3 Å². The molecule has 27 heavy (non-hydrogen) atoms. The molecule has 0 saturated carbocycles. The molecule has 1 aromatic rings. The van der Waals surface area contributed by atoms with Crippen LogP contribution in [-0.4, -0.2) is 62.0 Å². The Labute approximate surface area is 164 Å². The van der Waals surface area contributed by atoms with Crippen molar-refractivity contribution < 1.29 is 13.2 Å². The van der Waals surface area contributed by atoms with Gasteiger partial charge in [-0.2, -0.15) is 4.31 Å². The lowest BCUT2D eigenvalue weighted by atomic mass is 10.00. The summed E-state index contributed by atoms with van der Waals surface area (Å²) >= 11 is 0. The second-order valence-corrected chi connectivity index (χ2v) is 9.30. The van der Waals surface area contributed by atoms with E-state index in [0.717, 1.165) is 31.3 Å². The maximum atomic E-state index is 12.2. The quantitative estimate of drug-likeness (QED) is 0.617. The zero-order valence-electron chi connectivity index (χ0n) is 16.6. The summed E-state index contributed by atoms with van der Waals surface area (Å²) in [4.78, 5) is 14.8. The predicted molar refractivity (Wildman–Crippen MR) is 109 cm³/mol. The minimum absolute atomic E-state index is 0.144. The van der Waals surface area contributed by atoms with E-state index in [9.17, 15) is 13.2 Å². The van der Waals surface area contributed by atoms with Crippen molar-refractivity contribution in [2.24, 2.45) is 0 Å². The van der Waals surface area contributed by atoms with Crippen LogP contribution in [0.3, 0.4) is 0 Å². The van der Waals surface area contributed by atoms with Crippen LogP contribution < -0.4 is 5.32 Å². The van der Waals surface area contributed by atoms with Crippen LogP contribution in [0.2, 0.25) is 0 Å². The number of likely N-dealkylation sites (tertiary alicyclic amines) is 1. The molecule has 1 heterocycles. The largest absolute Gasteiger partial charge is 0.355 e. The monoisotopic (exact) mass is 395 g/mol. The Balaban J connectivity index is 1.76. The van der Waals surface area contributed by atoms with Crippen LogP contribution in [0.4, 0.5) is 0 Å². The lowest BCUT2D eigenvalue weighted by Crippen LogP contribution is -2.42. The van der Waals surface area contributed by atoms with E-state index >= 15 is 0 Å². The molecule has 7 heteroatoms. The average Bonchev–Trinajstić information content (AvgIpc) is 2.65. The zero-order chi connectivity index (χ0) is 19.7. The SMILES string of the molecule is CCC1CCCCN1CCCNC(=O)CN(Cc1ccccc1)S(C)(=O)=O. The van der Waals surface area contributed by atoms with E-state index in [2.05, 4.69) is 17.1 Å². The van der Waals surface area contributed by atoms with Gasteiger partial charge in [0, 0.05) is 25.7 Å². The molecule has 2 rings (SSSR count). The first kappa shape index (κ1) is 21.9. The third-order valence-corrected chi connectivity index (χ3v) is 6.35. The number of rotatable bonds is 10. The smallest absolute Gasteiger partial charge is 0.235 e. The second kappa shape index (κ2) is 10.8. The van der Waals surface area contributed by atoms with Crippen LogP contribution in [0.1, 0.15) is 44.6 Å². The first-order valence-corrected chi connectivity index (χ1v) is 11.7. The van der Waals surface area contributed by atoms with E-state index in [4.69, 9.17) is 0 Å². The van der Waals surface area contributed by atoms with Crippen LogP contribution in [0.5, 0.6) is 0 Å². The van der Waals surface area contributed by atoms with Crippen LogP contribution in [0, 0.1) is 0 Å². The Kier molecular flexibility index (Phi) is 8.73. The molecule has 1 fully saturated rings. The lowest BCUT2D eigenvalue weighted by Gasteiger charge is -2.35. The van der Waals surface area contributed by atoms with Gasteiger partial charge in [-0.15, -0.1) is 0 Å². The van der Waals surface area contributed by atoms with Crippen molar-refractivity contribution in [3.63, 3.8) is 0 Å². The summed E-state index contributed by atoms with van der Waals surface area (Å²) in [5, 5.41) is 2.87. The Bertz CT molecular complexity index is 679. The average molecular weight is 396 g/mol. The van der Waals surface area contributed by atoms with Crippen LogP contribution in [-0.2, 0) is 21.4 Å². The number of hydrogen-bond donors (Lipinski definition) is 1. The van der Waals surface area contributed by atoms with Crippen molar-refractivity contribution in [3.8, 4) is 0 Å². The summed E-state index contributed by atoms with van der Waals surface area (Å²) in [6, 6.07) is 9.99. The number of sulfonamides is 1. The highest BCUT2D eigenvalue weighted by Crippen LogP contribution is 2.19. The fourth-order valence-electron chi connectivity index (χ4n) is 3.62. The van der Waals surface area contributed by atoms with Gasteiger partial charge in [0.05, 0.1) is 12.8 Å². The molecule has 0 aromatic heterocycles. The lowest BCUT2D eigenvalue weighted by molar-refractivity contribution is -0.121. The molecule has 1 aliphatic rings. The van der Waals surface area contributed by atoms with Gasteiger partial charge in [-0.05, 0) is 37.8 Å². The molecule has 6 nitrogen and oxygen atoms in total. The van der Waals surface area contributed by atoms with E-state index in [1.54, 1.807) is 0 Å². The molecule has 0 radical (unpaired) electrons. The molecular formula is C20H33N3O3S. The number of piperidine rings is 1. The van der Waals surface area contributed by atoms with Crippen molar-refractivity contribution in [2.75, 3.05) is 32.4 Å². The summed E-state index contributed by atoms with van der Waals surface area (Å²) in [6.45, 7) is 5.00. The molecule has 0 bridgehead atoms. The first-order chi connectivity index (χ1) is 12.9. The zero-order valence-corrected chi connectivity index (χ0v) is 17.4. The normalized spacial score (nSPS) is 18.6. The van der Waals surface area contributed by atoms with Gasteiger partial charge in [-0.25, -0.2) is 8.42 Å². The van der Waals surface area contributed by atoms with Gasteiger partial charge >= 0.3 is 0 Å². The number of carbonyl (C=O) groups excluding carboxylic acids is 1. The van der Waals surface area contributed by atoms with Crippen molar-refractivity contribution in [2.45, 2.75) is 51.6 Å². The number of benzene rings is 1. The molecule has 1 saturated heterocycles. The summed E-state index contributed by atoms with van der Waals surface area (Å²) in [6.07, 6.45) is 7.05. The van der Waals surface area contributed by atoms with Gasteiger partial charge in [0.1, 0.15) is 0 Å². The molecule has 0 spiro atoms. The van der Waals surface area contributed by atoms with Crippen LogP contribution in [0.25, 0.3) is 0 Å². The second-order valence-electron chi connectivity index (χ2n) is 7.31. The van der Waals surface area contributed by atoms with E-state index in [-0.39, 0.29) is 19.0 Å². The minimum Gasteiger partial charge on any atom is -0.355 e. The highest BCUT2D eigenvalue weighted by atomic mass is 32.2. The minimum atomic E-state index is -3.45. The molecular weight excluding hydrogens is 362 g/mol. The molecule has 1 aliphatic heterocycles. The highest BCUT2D eigenvalue weighted by Gasteiger charge is 2.21. The molecule has 152 valence electrons.